The minimum absolute atomic E-state index is 0.686. The molecule has 0 aliphatic carbocycles. The molecule has 0 radical (unpaired) electrons. The molecular formula is C12H18N2. The van der Waals surface area contributed by atoms with Crippen molar-refractivity contribution in [2.75, 3.05) is 30.9 Å². The number of hydrogen-bond donors (Lipinski definition) is 1. The van der Waals surface area contributed by atoms with Crippen molar-refractivity contribution in [2.24, 2.45) is 0 Å². The Kier molecular flexibility index (Phi) is 2.36. The Morgan fingerprint density at radius 2 is 2.14 bits per heavy atom. The van der Waals surface area contributed by atoms with E-state index in [0.29, 0.717) is 5.92 Å². The zero-order valence-electron chi connectivity index (χ0n) is 9.17. The van der Waals surface area contributed by atoms with Crippen molar-refractivity contribution in [3.05, 3.63) is 23.8 Å². The van der Waals surface area contributed by atoms with Gasteiger partial charge in [-0.3, -0.25) is 0 Å². The first kappa shape index (κ1) is 9.38. The molecule has 1 aliphatic rings. The number of hydrogen-bond acceptors (Lipinski definition) is 2. The van der Waals surface area contributed by atoms with E-state index in [0.717, 1.165) is 6.54 Å². The molecule has 0 spiro atoms. The van der Waals surface area contributed by atoms with E-state index in [1.54, 1.807) is 0 Å². The molecule has 0 saturated heterocycles. The maximum atomic E-state index is 3.44. The van der Waals surface area contributed by atoms with Gasteiger partial charge in [-0.05, 0) is 36.1 Å². The van der Waals surface area contributed by atoms with Gasteiger partial charge < -0.3 is 10.2 Å². The highest BCUT2D eigenvalue weighted by Crippen LogP contribution is 2.33. The lowest BCUT2D eigenvalue weighted by Crippen LogP contribution is -2.16. The first-order chi connectivity index (χ1) is 6.68. The molecule has 1 aliphatic heterocycles. The minimum atomic E-state index is 0.686. The molecule has 2 heteroatoms. The van der Waals surface area contributed by atoms with Crippen molar-refractivity contribution in [1.29, 1.82) is 0 Å². The predicted octanol–water partition coefficient (Wildman–Crippen LogP) is 2.67. The van der Waals surface area contributed by atoms with Crippen LogP contribution in [0.25, 0.3) is 0 Å². The number of fused-ring (bicyclic) bond motifs is 1. The standard InChI is InChI=1S/C12H18N2/c1-9-6-7-13-12-5-4-10(14(2)3)8-11(9)12/h4-5,8-9,13H,6-7H2,1-3H3. The summed E-state index contributed by atoms with van der Waals surface area (Å²) in [6.45, 7) is 3.41. The molecule has 1 atom stereocenters. The van der Waals surface area contributed by atoms with E-state index < -0.39 is 0 Å². The van der Waals surface area contributed by atoms with E-state index in [1.165, 1.54) is 23.4 Å². The third-order valence-corrected chi connectivity index (χ3v) is 2.98. The van der Waals surface area contributed by atoms with E-state index in [4.69, 9.17) is 0 Å². The van der Waals surface area contributed by atoms with Crippen LogP contribution in [0.15, 0.2) is 18.2 Å². The minimum Gasteiger partial charge on any atom is -0.385 e. The largest absolute Gasteiger partial charge is 0.385 e. The van der Waals surface area contributed by atoms with Gasteiger partial charge in [-0.1, -0.05) is 6.92 Å². The topological polar surface area (TPSA) is 15.3 Å². The molecule has 0 bridgehead atoms. The second-order valence-electron chi connectivity index (χ2n) is 4.28. The summed E-state index contributed by atoms with van der Waals surface area (Å²) in [7, 11) is 4.17. The van der Waals surface area contributed by atoms with Gasteiger partial charge in [0.05, 0.1) is 0 Å². The summed E-state index contributed by atoms with van der Waals surface area (Å²) < 4.78 is 0. The fourth-order valence-electron chi connectivity index (χ4n) is 1.98. The van der Waals surface area contributed by atoms with E-state index >= 15 is 0 Å². The third-order valence-electron chi connectivity index (χ3n) is 2.98. The van der Waals surface area contributed by atoms with Crippen LogP contribution >= 0.6 is 0 Å². The average molecular weight is 190 g/mol. The Bertz CT molecular complexity index is 331. The SMILES string of the molecule is CC1CCNc2ccc(N(C)C)cc21. The molecule has 1 aromatic carbocycles. The summed E-state index contributed by atoms with van der Waals surface area (Å²) in [5, 5.41) is 3.44. The monoisotopic (exact) mass is 190 g/mol. The Hall–Kier alpha value is -1.18. The zero-order chi connectivity index (χ0) is 10.1. The maximum absolute atomic E-state index is 3.44. The number of nitrogens with one attached hydrogen (secondary N) is 1. The van der Waals surface area contributed by atoms with Crippen LogP contribution in [0, 0.1) is 0 Å². The first-order valence-electron chi connectivity index (χ1n) is 5.23. The van der Waals surface area contributed by atoms with Crippen LogP contribution in [0.5, 0.6) is 0 Å². The number of nitrogens with zero attached hydrogens (tertiary/aromatic N) is 1. The van der Waals surface area contributed by atoms with E-state index in [2.05, 4.69) is 49.4 Å². The fraction of sp³-hybridized carbons (Fsp3) is 0.500. The number of rotatable bonds is 1. The van der Waals surface area contributed by atoms with Crippen LogP contribution in [0.4, 0.5) is 11.4 Å². The summed E-state index contributed by atoms with van der Waals surface area (Å²) in [6.07, 6.45) is 1.24. The molecule has 0 amide bonds. The second kappa shape index (κ2) is 3.52. The van der Waals surface area contributed by atoms with Gasteiger partial charge in [0, 0.05) is 32.0 Å². The van der Waals surface area contributed by atoms with Gasteiger partial charge in [-0.15, -0.1) is 0 Å². The molecule has 1 aromatic rings. The highest BCUT2D eigenvalue weighted by molar-refractivity contribution is 5.62. The van der Waals surface area contributed by atoms with Crippen molar-refractivity contribution in [3.8, 4) is 0 Å². The van der Waals surface area contributed by atoms with Gasteiger partial charge in [0.25, 0.3) is 0 Å². The molecule has 0 fully saturated rings. The molecule has 2 rings (SSSR count). The normalized spacial score (nSPS) is 19.8. The first-order valence-corrected chi connectivity index (χ1v) is 5.23. The summed E-state index contributed by atoms with van der Waals surface area (Å²) >= 11 is 0. The van der Waals surface area contributed by atoms with Gasteiger partial charge in [0.1, 0.15) is 0 Å². The van der Waals surface area contributed by atoms with Crippen LogP contribution in [-0.4, -0.2) is 20.6 Å². The van der Waals surface area contributed by atoms with E-state index in [1.807, 2.05) is 0 Å². The summed E-state index contributed by atoms with van der Waals surface area (Å²) in [5.41, 5.74) is 4.07. The molecule has 1 unspecified atom stereocenters. The lowest BCUT2D eigenvalue weighted by atomic mass is 9.92. The van der Waals surface area contributed by atoms with Gasteiger partial charge in [-0.25, -0.2) is 0 Å². The van der Waals surface area contributed by atoms with Crippen molar-refractivity contribution >= 4 is 11.4 Å². The summed E-state index contributed by atoms with van der Waals surface area (Å²) in [6, 6.07) is 6.66. The fourth-order valence-corrected chi connectivity index (χ4v) is 1.98. The maximum Gasteiger partial charge on any atom is 0.0376 e. The van der Waals surface area contributed by atoms with Crippen LogP contribution in [0.2, 0.25) is 0 Å². The molecule has 76 valence electrons. The van der Waals surface area contributed by atoms with E-state index in [9.17, 15) is 0 Å². The van der Waals surface area contributed by atoms with Crippen molar-refractivity contribution in [3.63, 3.8) is 0 Å². The van der Waals surface area contributed by atoms with Crippen LogP contribution in [0.3, 0.4) is 0 Å². The zero-order valence-corrected chi connectivity index (χ0v) is 9.17. The van der Waals surface area contributed by atoms with Crippen molar-refractivity contribution in [2.45, 2.75) is 19.3 Å². The average Bonchev–Trinajstić information content (AvgIpc) is 2.18. The van der Waals surface area contributed by atoms with Crippen LogP contribution < -0.4 is 10.2 Å². The Morgan fingerprint density at radius 1 is 1.36 bits per heavy atom. The number of benzene rings is 1. The Balaban J connectivity index is 2.41. The third kappa shape index (κ3) is 1.57. The van der Waals surface area contributed by atoms with Gasteiger partial charge in [-0.2, -0.15) is 0 Å². The summed E-state index contributed by atoms with van der Waals surface area (Å²) in [5.74, 6) is 0.686. The summed E-state index contributed by atoms with van der Waals surface area (Å²) in [4.78, 5) is 2.15. The molecule has 1 heterocycles. The molecule has 0 saturated carbocycles. The number of anilines is 2. The van der Waals surface area contributed by atoms with E-state index in [-0.39, 0.29) is 0 Å². The molecule has 14 heavy (non-hydrogen) atoms. The Labute approximate surface area is 85.9 Å². The second-order valence-corrected chi connectivity index (χ2v) is 4.28. The highest BCUT2D eigenvalue weighted by atomic mass is 15.1. The van der Waals surface area contributed by atoms with Gasteiger partial charge in [0.2, 0.25) is 0 Å². The molecular weight excluding hydrogens is 172 g/mol. The quantitative estimate of drug-likeness (QED) is 0.732. The smallest absolute Gasteiger partial charge is 0.0376 e. The lowest BCUT2D eigenvalue weighted by Gasteiger charge is -2.25. The predicted molar refractivity (Wildman–Crippen MR) is 62.3 cm³/mol. The lowest BCUT2D eigenvalue weighted by molar-refractivity contribution is 0.683. The van der Waals surface area contributed by atoms with Gasteiger partial charge in [0.15, 0.2) is 0 Å². The molecule has 0 aromatic heterocycles. The van der Waals surface area contributed by atoms with Crippen LogP contribution in [-0.2, 0) is 0 Å². The van der Waals surface area contributed by atoms with Crippen LogP contribution in [0.1, 0.15) is 24.8 Å². The van der Waals surface area contributed by atoms with Gasteiger partial charge >= 0.3 is 0 Å². The highest BCUT2D eigenvalue weighted by Gasteiger charge is 2.16. The Morgan fingerprint density at radius 3 is 2.86 bits per heavy atom. The van der Waals surface area contributed by atoms with Crippen molar-refractivity contribution < 1.29 is 0 Å². The van der Waals surface area contributed by atoms with Crippen molar-refractivity contribution in [1.82, 2.24) is 0 Å². The molecule has 2 nitrogen and oxygen atoms in total. The molecule has 1 N–H and O–H groups in total.